The molecule has 0 saturated heterocycles. The molecule has 0 aliphatic heterocycles. The van der Waals surface area contributed by atoms with Crippen LogP contribution in [0.3, 0.4) is 0 Å². The van der Waals surface area contributed by atoms with Gasteiger partial charge in [-0.2, -0.15) is 0 Å². The van der Waals surface area contributed by atoms with Crippen LogP contribution in [0.1, 0.15) is 27.0 Å². The van der Waals surface area contributed by atoms with Crippen LogP contribution in [0.2, 0.25) is 0 Å². The van der Waals surface area contributed by atoms with Crippen LogP contribution in [0.25, 0.3) is 0 Å². The van der Waals surface area contributed by atoms with E-state index in [0.29, 0.717) is 16.9 Å². The Balaban J connectivity index is 1.49. The third kappa shape index (κ3) is 6.04. The second kappa shape index (κ2) is 10.7. The molecule has 0 saturated carbocycles. The molecule has 8 nitrogen and oxygen atoms in total. The fourth-order valence-electron chi connectivity index (χ4n) is 3.77. The van der Waals surface area contributed by atoms with Crippen LogP contribution in [0.15, 0.2) is 101 Å². The zero-order valence-corrected chi connectivity index (χ0v) is 22.7. The van der Waals surface area contributed by atoms with Crippen molar-refractivity contribution in [1.29, 1.82) is 0 Å². The summed E-state index contributed by atoms with van der Waals surface area (Å²) >= 11 is 0. The quantitative estimate of drug-likeness (QED) is 0.269. The average Bonchev–Trinajstić information content (AvgIpc) is 2.88. The van der Waals surface area contributed by atoms with E-state index in [1.807, 2.05) is 32.0 Å². The lowest BCUT2D eigenvalue weighted by molar-refractivity contribution is 0.102. The molecule has 3 N–H and O–H groups in total. The molecule has 0 unspecified atom stereocenters. The van der Waals surface area contributed by atoms with Gasteiger partial charge in [0.15, 0.2) is 0 Å². The number of rotatable bonds is 8. The monoisotopic (exact) mass is 549 g/mol. The first-order valence-electron chi connectivity index (χ1n) is 11.7. The van der Waals surface area contributed by atoms with Crippen LogP contribution in [0, 0.1) is 20.8 Å². The molecule has 0 fully saturated rings. The fourth-order valence-corrected chi connectivity index (χ4v) is 6.11. The van der Waals surface area contributed by atoms with Gasteiger partial charge in [-0.15, -0.1) is 0 Å². The van der Waals surface area contributed by atoms with Crippen molar-refractivity contribution in [1.82, 2.24) is 0 Å². The molecule has 0 bridgehead atoms. The van der Waals surface area contributed by atoms with E-state index >= 15 is 0 Å². The largest absolute Gasteiger partial charge is 0.322 e. The maximum Gasteiger partial charge on any atom is 0.261 e. The van der Waals surface area contributed by atoms with Crippen molar-refractivity contribution >= 4 is 43.0 Å². The minimum absolute atomic E-state index is 0.0473. The topological polar surface area (TPSA) is 121 Å². The summed E-state index contributed by atoms with van der Waals surface area (Å²) in [6, 6.07) is 23.9. The molecule has 4 aromatic rings. The van der Waals surface area contributed by atoms with Crippen molar-refractivity contribution in [2.24, 2.45) is 0 Å². The normalized spacial score (nSPS) is 11.6. The summed E-state index contributed by atoms with van der Waals surface area (Å²) in [5.41, 5.74) is 3.68. The highest BCUT2D eigenvalue weighted by Gasteiger charge is 2.18. The number of hydrogen-bond acceptors (Lipinski definition) is 5. The maximum atomic E-state index is 12.9. The smallest absolute Gasteiger partial charge is 0.261 e. The zero-order valence-electron chi connectivity index (χ0n) is 21.0. The number of aryl methyl sites for hydroxylation is 3. The second-order valence-electron chi connectivity index (χ2n) is 8.80. The number of hydrogen-bond donors (Lipinski definition) is 3. The van der Waals surface area contributed by atoms with Crippen molar-refractivity contribution in [2.75, 3.05) is 14.8 Å². The van der Waals surface area contributed by atoms with E-state index in [-0.39, 0.29) is 21.0 Å². The average molecular weight is 550 g/mol. The molecule has 4 aromatic carbocycles. The molecule has 0 heterocycles. The van der Waals surface area contributed by atoms with E-state index in [1.165, 1.54) is 42.5 Å². The molecule has 10 heteroatoms. The number of nitrogens with one attached hydrogen (secondary N) is 3. The lowest BCUT2D eigenvalue weighted by atomic mass is 10.1. The highest BCUT2D eigenvalue weighted by atomic mass is 32.2. The zero-order chi connectivity index (χ0) is 27.5. The Hall–Kier alpha value is -4.15. The van der Waals surface area contributed by atoms with E-state index in [9.17, 15) is 21.6 Å². The summed E-state index contributed by atoms with van der Waals surface area (Å²) in [4.78, 5) is 13.0. The van der Waals surface area contributed by atoms with Crippen LogP contribution in [-0.4, -0.2) is 22.7 Å². The molecule has 0 spiro atoms. The summed E-state index contributed by atoms with van der Waals surface area (Å²) in [7, 11) is -7.66. The Labute approximate surface area is 222 Å². The summed E-state index contributed by atoms with van der Waals surface area (Å²) in [5, 5.41) is 2.71. The first-order valence-corrected chi connectivity index (χ1v) is 14.6. The Morgan fingerprint density at radius 3 is 1.82 bits per heavy atom. The summed E-state index contributed by atoms with van der Waals surface area (Å²) in [6.07, 6.45) is 0. The number of carbonyl (C=O) groups is 1. The molecule has 0 aromatic heterocycles. The first kappa shape index (κ1) is 26.9. The molecule has 38 heavy (non-hydrogen) atoms. The van der Waals surface area contributed by atoms with Crippen LogP contribution in [0.4, 0.5) is 17.1 Å². The highest BCUT2D eigenvalue weighted by Crippen LogP contribution is 2.25. The SMILES string of the molecule is Cc1ccc(C(=O)Nc2ccc(S(=O)(=O)Nc3c(C)cccc3C)cc2)cc1NS(=O)(=O)c1ccccc1. The lowest BCUT2D eigenvalue weighted by Gasteiger charge is -2.14. The van der Waals surface area contributed by atoms with Gasteiger partial charge in [0.2, 0.25) is 0 Å². The molecule has 196 valence electrons. The number of amides is 1. The van der Waals surface area contributed by atoms with Crippen molar-refractivity contribution in [2.45, 2.75) is 30.6 Å². The number of anilines is 3. The van der Waals surface area contributed by atoms with Gasteiger partial charge in [-0.05, 0) is 86.0 Å². The van der Waals surface area contributed by atoms with Gasteiger partial charge in [0.05, 0.1) is 21.2 Å². The van der Waals surface area contributed by atoms with E-state index in [2.05, 4.69) is 14.8 Å². The molecule has 0 atom stereocenters. The maximum absolute atomic E-state index is 12.9. The van der Waals surface area contributed by atoms with E-state index in [4.69, 9.17) is 0 Å². The van der Waals surface area contributed by atoms with Gasteiger partial charge in [0.25, 0.3) is 26.0 Å². The minimum Gasteiger partial charge on any atom is -0.322 e. The van der Waals surface area contributed by atoms with Gasteiger partial charge in [-0.3, -0.25) is 14.2 Å². The second-order valence-corrected chi connectivity index (χ2v) is 12.2. The fraction of sp³-hybridized carbons (Fsp3) is 0.107. The summed E-state index contributed by atoms with van der Waals surface area (Å²) in [6.45, 7) is 5.38. The van der Waals surface area contributed by atoms with Crippen molar-refractivity contribution in [3.05, 3.63) is 113 Å². The number of carbonyl (C=O) groups excluding carboxylic acids is 1. The van der Waals surface area contributed by atoms with Gasteiger partial charge in [0, 0.05) is 11.3 Å². The molecule has 4 rings (SSSR count). The predicted molar refractivity (Wildman–Crippen MR) is 150 cm³/mol. The molecule has 1 amide bonds. The highest BCUT2D eigenvalue weighted by molar-refractivity contribution is 7.93. The number of benzene rings is 4. The molecule has 0 aliphatic carbocycles. The first-order chi connectivity index (χ1) is 18.0. The Morgan fingerprint density at radius 1 is 0.605 bits per heavy atom. The van der Waals surface area contributed by atoms with Crippen LogP contribution >= 0.6 is 0 Å². The number of para-hydroxylation sites is 1. The van der Waals surface area contributed by atoms with E-state index in [1.54, 1.807) is 37.3 Å². The van der Waals surface area contributed by atoms with Crippen LogP contribution in [0.5, 0.6) is 0 Å². The van der Waals surface area contributed by atoms with Crippen LogP contribution in [-0.2, 0) is 20.0 Å². The van der Waals surface area contributed by atoms with E-state index in [0.717, 1.165) is 11.1 Å². The predicted octanol–water partition coefficient (Wildman–Crippen LogP) is 5.47. The van der Waals surface area contributed by atoms with Gasteiger partial charge in [0.1, 0.15) is 0 Å². The Bertz CT molecular complexity index is 1680. The van der Waals surface area contributed by atoms with E-state index < -0.39 is 26.0 Å². The Morgan fingerprint density at radius 2 is 1.18 bits per heavy atom. The molecule has 0 aliphatic rings. The lowest BCUT2D eigenvalue weighted by Crippen LogP contribution is -2.16. The summed E-state index contributed by atoms with van der Waals surface area (Å²) < 4.78 is 56.4. The molecule has 0 radical (unpaired) electrons. The van der Waals surface area contributed by atoms with Crippen molar-refractivity contribution in [3.63, 3.8) is 0 Å². The Kier molecular flexibility index (Phi) is 7.56. The third-order valence-electron chi connectivity index (χ3n) is 5.94. The van der Waals surface area contributed by atoms with Gasteiger partial charge >= 0.3 is 0 Å². The molecular weight excluding hydrogens is 522 g/mol. The number of sulfonamides is 2. The van der Waals surface area contributed by atoms with Crippen LogP contribution < -0.4 is 14.8 Å². The van der Waals surface area contributed by atoms with Crippen molar-refractivity contribution < 1.29 is 21.6 Å². The minimum atomic E-state index is -3.83. The third-order valence-corrected chi connectivity index (χ3v) is 8.68. The van der Waals surface area contributed by atoms with Gasteiger partial charge in [-0.25, -0.2) is 16.8 Å². The summed E-state index contributed by atoms with van der Waals surface area (Å²) in [5.74, 6) is -0.477. The molecular formula is C28H27N3O5S2. The standard InChI is InChI=1S/C28H27N3O5S2/c1-19-12-13-22(18-26(19)30-37(33,34)24-10-5-4-6-11-24)28(32)29-23-14-16-25(17-15-23)38(35,36)31-27-20(2)8-7-9-21(27)3/h4-18,30-31H,1-3H3,(H,29,32). The van der Waals surface area contributed by atoms with Crippen molar-refractivity contribution in [3.8, 4) is 0 Å². The van der Waals surface area contributed by atoms with Gasteiger partial charge in [-0.1, -0.05) is 42.5 Å². The van der Waals surface area contributed by atoms with Gasteiger partial charge < -0.3 is 5.32 Å².